The van der Waals surface area contributed by atoms with Crippen LogP contribution in [0.15, 0.2) is 18.2 Å². The van der Waals surface area contributed by atoms with Crippen LogP contribution in [0.5, 0.6) is 0 Å². The Morgan fingerprint density at radius 2 is 2.05 bits per heavy atom. The highest BCUT2D eigenvalue weighted by molar-refractivity contribution is 5.97. The first-order chi connectivity index (χ1) is 9.08. The Morgan fingerprint density at radius 1 is 1.37 bits per heavy atom. The molecule has 0 unspecified atom stereocenters. The Balaban J connectivity index is 0.000000861. The van der Waals surface area contributed by atoms with Gasteiger partial charge in [0.15, 0.2) is 0 Å². The Bertz CT molecular complexity index is 475. The SMILES string of the molecule is CC.Cc1ccc(C(=O)N2CCNC(=O)C2)cc1F. The number of nitrogens with zero attached hydrogens (tertiary/aromatic N) is 1. The number of nitrogens with one attached hydrogen (secondary N) is 1. The molecule has 2 rings (SSSR count). The average molecular weight is 266 g/mol. The van der Waals surface area contributed by atoms with Gasteiger partial charge in [0.2, 0.25) is 5.91 Å². The van der Waals surface area contributed by atoms with Gasteiger partial charge in [-0.1, -0.05) is 19.9 Å². The summed E-state index contributed by atoms with van der Waals surface area (Å²) in [5, 5.41) is 2.63. The van der Waals surface area contributed by atoms with Crippen molar-refractivity contribution >= 4 is 11.8 Å². The zero-order valence-corrected chi connectivity index (χ0v) is 11.5. The van der Waals surface area contributed by atoms with Gasteiger partial charge in [0.1, 0.15) is 5.82 Å². The Kier molecular flexibility index (Phi) is 5.48. The minimum absolute atomic E-state index is 0.0360. The lowest BCUT2D eigenvalue weighted by atomic mass is 10.1. The molecule has 19 heavy (non-hydrogen) atoms. The van der Waals surface area contributed by atoms with E-state index in [0.29, 0.717) is 18.7 Å². The molecule has 0 bridgehead atoms. The minimum atomic E-state index is -0.405. The molecule has 2 amide bonds. The van der Waals surface area contributed by atoms with Crippen LogP contribution in [0.3, 0.4) is 0 Å². The minimum Gasteiger partial charge on any atom is -0.353 e. The van der Waals surface area contributed by atoms with Crippen LogP contribution in [0.2, 0.25) is 0 Å². The number of hydrogen-bond donors (Lipinski definition) is 1. The first-order valence-electron chi connectivity index (χ1n) is 6.40. The first kappa shape index (κ1) is 15.1. The molecule has 5 heteroatoms. The summed E-state index contributed by atoms with van der Waals surface area (Å²) in [5.41, 5.74) is 0.778. The van der Waals surface area contributed by atoms with Crippen LogP contribution in [-0.4, -0.2) is 36.3 Å². The largest absolute Gasteiger partial charge is 0.353 e. The molecule has 1 aliphatic heterocycles. The molecule has 1 aromatic rings. The molecule has 1 aliphatic rings. The van der Waals surface area contributed by atoms with Crippen molar-refractivity contribution < 1.29 is 14.0 Å². The fourth-order valence-electron chi connectivity index (χ4n) is 1.72. The molecule has 104 valence electrons. The summed E-state index contributed by atoms with van der Waals surface area (Å²) in [6.07, 6.45) is 0. The maximum atomic E-state index is 13.3. The van der Waals surface area contributed by atoms with Crippen LogP contribution in [0.4, 0.5) is 4.39 Å². The number of rotatable bonds is 1. The van der Waals surface area contributed by atoms with E-state index >= 15 is 0 Å². The summed E-state index contributed by atoms with van der Waals surface area (Å²) in [6, 6.07) is 4.35. The van der Waals surface area contributed by atoms with Gasteiger partial charge < -0.3 is 10.2 Å². The standard InChI is InChI=1S/C12H13FN2O2.C2H6/c1-8-2-3-9(6-10(8)13)12(17)15-5-4-14-11(16)7-15;1-2/h2-3,6H,4-5,7H2,1H3,(H,14,16);1-2H3. The second kappa shape index (κ2) is 6.87. The van der Waals surface area contributed by atoms with Crippen molar-refractivity contribution in [1.29, 1.82) is 0 Å². The topological polar surface area (TPSA) is 49.4 Å². The molecule has 0 aromatic heterocycles. The lowest BCUT2D eigenvalue weighted by molar-refractivity contribution is -0.123. The van der Waals surface area contributed by atoms with E-state index in [0.717, 1.165) is 0 Å². The molecule has 0 radical (unpaired) electrons. The maximum absolute atomic E-state index is 13.3. The predicted octanol–water partition coefficient (Wildman–Crippen LogP) is 1.73. The quantitative estimate of drug-likeness (QED) is 0.841. The van der Waals surface area contributed by atoms with Gasteiger partial charge in [-0.25, -0.2) is 4.39 Å². The number of halogens is 1. The lowest BCUT2D eigenvalue weighted by Crippen LogP contribution is -2.49. The zero-order valence-electron chi connectivity index (χ0n) is 11.5. The third kappa shape index (κ3) is 3.77. The predicted molar refractivity (Wildman–Crippen MR) is 71.4 cm³/mol. The summed E-state index contributed by atoms with van der Waals surface area (Å²) in [7, 11) is 0. The van der Waals surface area contributed by atoms with E-state index in [1.54, 1.807) is 19.1 Å². The van der Waals surface area contributed by atoms with E-state index in [2.05, 4.69) is 5.32 Å². The third-order valence-corrected chi connectivity index (χ3v) is 2.74. The van der Waals surface area contributed by atoms with E-state index < -0.39 is 5.82 Å². The van der Waals surface area contributed by atoms with Gasteiger partial charge in [0.05, 0.1) is 6.54 Å². The van der Waals surface area contributed by atoms with Crippen molar-refractivity contribution in [3.05, 3.63) is 35.1 Å². The van der Waals surface area contributed by atoms with Crippen molar-refractivity contribution in [2.24, 2.45) is 0 Å². The van der Waals surface area contributed by atoms with Gasteiger partial charge in [-0.05, 0) is 24.6 Å². The molecule has 1 saturated heterocycles. The number of piperazine rings is 1. The van der Waals surface area contributed by atoms with Gasteiger partial charge in [-0.3, -0.25) is 9.59 Å². The molecule has 4 nitrogen and oxygen atoms in total. The molecule has 0 aliphatic carbocycles. The van der Waals surface area contributed by atoms with Crippen LogP contribution < -0.4 is 5.32 Å². The smallest absolute Gasteiger partial charge is 0.254 e. The number of amides is 2. The number of hydrogen-bond acceptors (Lipinski definition) is 2. The highest BCUT2D eigenvalue weighted by atomic mass is 19.1. The molecule has 0 saturated carbocycles. The Hall–Kier alpha value is -1.91. The van der Waals surface area contributed by atoms with Crippen molar-refractivity contribution in [3.63, 3.8) is 0 Å². The summed E-state index contributed by atoms with van der Waals surface area (Å²) < 4.78 is 13.3. The monoisotopic (exact) mass is 266 g/mol. The molecule has 1 heterocycles. The van der Waals surface area contributed by atoms with Gasteiger partial charge in [0, 0.05) is 18.7 Å². The molecule has 1 fully saturated rings. The lowest BCUT2D eigenvalue weighted by Gasteiger charge is -2.26. The molecule has 0 spiro atoms. The second-order valence-corrected chi connectivity index (χ2v) is 4.04. The average Bonchev–Trinajstić information content (AvgIpc) is 2.43. The van der Waals surface area contributed by atoms with Crippen molar-refractivity contribution in [1.82, 2.24) is 10.2 Å². The Morgan fingerprint density at radius 3 is 2.63 bits per heavy atom. The fraction of sp³-hybridized carbons (Fsp3) is 0.429. The van der Waals surface area contributed by atoms with E-state index in [1.165, 1.54) is 11.0 Å². The van der Waals surface area contributed by atoms with E-state index in [4.69, 9.17) is 0 Å². The van der Waals surface area contributed by atoms with Crippen molar-refractivity contribution in [2.75, 3.05) is 19.6 Å². The highest BCUT2D eigenvalue weighted by Gasteiger charge is 2.22. The number of carbonyl (C=O) groups excluding carboxylic acids is 2. The van der Waals surface area contributed by atoms with Crippen LogP contribution in [0.25, 0.3) is 0 Å². The van der Waals surface area contributed by atoms with Crippen LogP contribution in [-0.2, 0) is 4.79 Å². The molecule has 0 atom stereocenters. The van der Waals surface area contributed by atoms with Gasteiger partial charge in [-0.15, -0.1) is 0 Å². The Labute approximate surface area is 112 Å². The van der Waals surface area contributed by atoms with Crippen LogP contribution in [0.1, 0.15) is 29.8 Å². The highest BCUT2D eigenvalue weighted by Crippen LogP contribution is 2.12. The van der Waals surface area contributed by atoms with Gasteiger partial charge in [0.25, 0.3) is 5.91 Å². The first-order valence-corrected chi connectivity index (χ1v) is 6.40. The van der Waals surface area contributed by atoms with Gasteiger partial charge >= 0.3 is 0 Å². The molecule has 1 aromatic carbocycles. The normalized spacial score (nSPS) is 14.3. The van der Waals surface area contributed by atoms with E-state index in [-0.39, 0.29) is 23.9 Å². The maximum Gasteiger partial charge on any atom is 0.254 e. The zero-order chi connectivity index (χ0) is 14.4. The third-order valence-electron chi connectivity index (χ3n) is 2.74. The van der Waals surface area contributed by atoms with E-state index in [1.807, 2.05) is 13.8 Å². The molecule has 1 N–H and O–H groups in total. The number of aryl methyl sites for hydroxylation is 1. The summed E-state index contributed by atoms with van der Waals surface area (Å²) in [6.45, 7) is 6.57. The second-order valence-electron chi connectivity index (χ2n) is 4.04. The number of benzene rings is 1. The molecular formula is C14H19FN2O2. The van der Waals surface area contributed by atoms with Crippen LogP contribution in [0, 0.1) is 12.7 Å². The number of carbonyl (C=O) groups is 2. The van der Waals surface area contributed by atoms with Crippen LogP contribution >= 0.6 is 0 Å². The molecular weight excluding hydrogens is 247 g/mol. The summed E-state index contributed by atoms with van der Waals surface area (Å²) in [4.78, 5) is 24.6. The van der Waals surface area contributed by atoms with Crippen molar-refractivity contribution in [2.45, 2.75) is 20.8 Å². The summed E-state index contributed by atoms with van der Waals surface area (Å²) in [5.74, 6) is -0.895. The summed E-state index contributed by atoms with van der Waals surface area (Å²) >= 11 is 0. The van der Waals surface area contributed by atoms with Gasteiger partial charge in [-0.2, -0.15) is 0 Å². The fourth-order valence-corrected chi connectivity index (χ4v) is 1.72. The van der Waals surface area contributed by atoms with E-state index in [9.17, 15) is 14.0 Å². The van der Waals surface area contributed by atoms with Crippen molar-refractivity contribution in [3.8, 4) is 0 Å².